The maximum absolute atomic E-state index is 2.11. The summed E-state index contributed by atoms with van der Waals surface area (Å²) in [5.41, 5.74) is 10.2. The Labute approximate surface area is 92.8 Å². The van der Waals surface area contributed by atoms with Gasteiger partial charge >= 0.3 is 0 Å². The lowest BCUT2D eigenvalue weighted by molar-refractivity contribution is -0.527. The molecule has 12 unspecified atom stereocenters. The van der Waals surface area contributed by atoms with Crippen LogP contribution in [0.1, 0.15) is 0 Å². The lowest BCUT2D eigenvalue weighted by atomic mass is 8.90. The van der Waals surface area contributed by atoms with Gasteiger partial charge in [-0.15, -0.1) is 0 Å². The van der Waals surface area contributed by atoms with E-state index < -0.39 is 0 Å². The quantitative estimate of drug-likeness (QED) is 0.569. The fourth-order valence-electron chi connectivity index (χ4n) is 10.7. The molecule has 0 aliphatic heterocycles. The molecule has 8 saturated carbocycles. The van der Waals surface area contributed by atoms with Crippen LogP contribution in [0.15, 0.2) is 22.3 Å². The molecule has 0 nitrogen and oxygen atoms in total. The third-order valence-electron chi connectivity index (χ3n) is 10.3. The maximum Gasteiger partial charge on any atom is 0.0126 e. The topological polar surface area (TPSA) is 0 Å². The third kappa shape index (κ3) is 0.155. The average Bonchev–Trinajstić information content (AvgIpc) is 2.39. The van der Waals surface area contributed by atoms with Crippen LogP contribution in [-0.2, 0) is 0 Å². The van der Waals surface area contributed by atoms with E-state index in [1.54, 1.807) is 0 Å². The number of allylic oxidation sites excluding steroid dienone is 4. The summed E-state index contributed by atoms with van der Waals surface area (Å²) in [5.74, 6) is 12.3. The van der Waals surface area contributed by atoms with E-state index in [1.807, 2.05) is 0 Å². The molecule has 12 atom stereocenters. The fraction of sp³-hybridized carbons (Fsp3) is 0.750. The van der Waals surface area contributed by atoms with E-state index in [9.17, 15) is 0 Å². The SMILES string of the molecule is C12=C3C4C1C1C2C3(C23C5=C6C7C5C2C7C63)C41. The van der Waals surface area contributed by atoms with Crippen molar-refractivity contribution in [3.8, 4) is 0 Å². The Bertz CT molecular complexity index is 688. The predicted octanol–water partition coefficient (Wildman–Crippen LogP) is 1.85. The van der Waals surface area contributed by atoms with Gasteiger partial charge in [0.2, 0.25) is 0 Å². The minimum atomic E-state index is 0.930. The van der Waals surface area contributed by atoms with Gasteiger partial charge in [-0.25, -0.2) is 0 Å². The van der Waals surface area contributed by atoms with Crippen molar-refractivity contribution < 1.29 is 0 Å². The van der Waals surface area contributed by atoms with Crippen molar-refractivity contribution in [2.24, 2.45) is 70.0 Å². The van der Waals surface area contributed by atoms with Gasteiger partial charge < -0.3 is 0 Å². The summed E-state index contributed by atoms with van der Waals surface area (Å²) < 4.78 is 0. The predicted molar refractivity (Wildman–Crippen MR) is 53.8 cm³/mol. The highest BCUT2D eigenvalue weighted by Gasteiger charge is 3.11. The molecule has 12 rings (SSSR count). The highest BCUT2D eigenvalue weighted by Crippen LogP contribution is 3.16. The van der Waals surface area contributed by atoms with Crippen molar-refractivity contribution in [1.82, 2.24) is 0 Å². The second kappa shape index (κ2) is 0.920. The molecule has 0 aromatic rings. The van der Waals surface area contributed by atoms with Gasteiger partial charge in [-0.05, 0) is 59.2 Å². The molecule has 12 aliphatic carbocycles. The van der Waals surface area contributed by atoms with E-state index in [1.165, 1.54) is 59.2 Å². The summed E-state index contributed by atoms with van der Waals surface area (Å²) in [6.45, 7) is 0. The zero-order valence-electron chi connectivity index (χ0n) is 8.77. The Morgan fingerprint density at radius 2 is 1.12 bits per heavy atom. The molecule has 0 heteroatoms. The van der Waals surface area contributed by atoms with Crippen LogP contribution in [0.5, 0.6) is 0 Å². The van der Waals surface area contributed by atoms with Gasteiger partial charge in [0.1, 0.15) is 0 Å². The van der Waals surface area contributed by atoms with Crippen molar-refractivity contribution >= 4 is 0 Å². The molecule has 0 amide bonds. The van der Waals surface area contributed by atoms with Gasteiger partial charge in [-0.2, -0.15) is 0 Å². The highest BCUT2D eigenvalue weighted by molar-refractivity contribution is 5.84. The monoisotopic (exact) mass is 202 g/mol. The molecule has 0 N–H and O–H groups in total. The summed E-state index contributed by atoms with van der Waals surface area (Å²) in [7, 11) is 0. The molecule has 0 radical (unpaired) electrons. The Balaban J connectivity index is 1.44. The molecule has 12 aliphatic rings. The molecular weight excluding hydrogens is 192 g/mol. The summed E-state index contributed by atoms with van der Waals surface area (Å²) in [5, 5.41) is 0. The third-order valence-corrected chi connectivity index (χ3v) is 10.3. The van der Waals surface area contributed by atoms with Crippen LogP contribution >= 0.6 is 0 Å². The lowest BCUT2D eigenvalue weighted by Crippen LogP contribution is -3.08. The molecule has 0 aromatic heterocycles. The van der Waals surface area contributed by atoms with Gasteiger partial charge in [-0.3, -0.25) is 0 Å². The van der Waals surface area contributed by atoms with Crippen LogP contribution in [0.25, 0.3) is 0 Å². The summed E-state index contributed by atoms with van der Waals surface area (Å²) >= 11 is 0. The van der Waals surface area contributed by atoms with E-state index in [0.717, 1.165) is 10.8 Å². The number of rotatable bonds is 1. The van der Waals surface area contributed by atoms with Crippen molar-refractivity contribution in [3.63, 3.8) is 0 Å². The van der Waals surface area contributed by atoms with E-state index in [0.29, 0.717) is 0 Å². The molecule has 0 aromatic carbocycles. The largest absolute Gasteiger partial charge is 0.0617 e. The van der Waals surface area contributed by atoms with Crippen LogP contribution in [-0.4, -0.2) is 0 Å². The van der Waals surface area contributed by atoms with Crippen LogP contribution in [0, 0.1) is 70.0 Å². The molecule has 0 spiro atoms. The first kappa shape index (κ1) is 5.42. The van der Waals surface area contributed by atoms with E-state index in [4.69, 9.17) is 0 Å². The van der Waals surface area contributed by atoms with E-state index >= 15 is 0 Å². The summed E-state index contributed by atoms with van der Waals surface area (Å²) in [6.07, 6.45) is 0. The maximum atomic E-state index is 2.11. The fourth-order valence-corrected chi connectivity index (χ4v) is 10.7. The van der Waals surface area contributed by atoms with Gasteiger partial charge in [0.05, 0.1) is 0 Å². The Morgan fingerprint density at radius 1 is 0.625 bits per heavy atom. The first-order valence-electron chi connectivity index (χ1n) is 7.47. The Kier molecular flexibility index (Phi) is 0.311. The first-order valence-corrected chi connectivity index (χ1v) is 7.47. The number of hydrogen-bond acceptors (Lipinski definition) is 0. The Morgan fingerprint density at radius 3 is 1.38 bits per heavy atom. The second-order valence-electron chi connectivity index (χ2n) is 8.74. The van der Waals surface area contributed by atoms with Crippen LogP contribution in [0.3, 0.4) is 0 Å². The molecule has 0 heterocycles. The smallest absolute Gasteiger partial charge is 0.0126 e. The summed E-state index contributed by atoms with van der Waals surface area (Å²) in [6, 6.07) is 0. The zero-order chi connectivity index (χ0) is 9.08. The standard InChI is InChI=1S/C16H10/c1-3-9-4(1)11-5(1)10(3)15(9,11)16-12-6-2-7(12)14(16)8(2)13(6)16/h1-4,6-7,9-10,12-13H. The average molecular weight is 202 g/mol. The van der Waals surface area contributed by atoms with Crippen molar-refractivity contribution in [3.05, 3.63) is 22.3 Å². The zero-order valence-corrected chi connectivity index (χ0v) is 8.77. The van der Waals surface area contributed by atoms with E-state index in [-0.39, 0.29) is 0 Å². The lowest BCUT2D eigenvalue weighted by Gasteiger charge is -3.13. The van der Waals surface area contributed by atoms with Gasteiger partial charge in [0.15, 0.2) is 0 Å². The van der Waals surface area contributed by atoms with Crippen LogP contribution < -0.4 is 0 Å². The van der Waals surface area contributed by atoms with Crippen molar-refractivity contribution in [1.29, 1.82) is 0 Å². The normalized spacial score (nSPS) is 100. The second-order valence-corrected chi connectivity index (χ2v) is 8.74. The Hall–Kier alpha value is -0.520. The summed E-state index contributed by atoms with van der Waals surface area (Å²) in [4.78, 5) is 0. The van der Waals surface area contributed by atoms with Gasteiger partial charge in [0, 0.05) is 10.8 Å². The molecule has 74 valence electrons. The minimum absolute atomic E-state index is 0.930. The van der Waals surface area contributed by atoms with Crippen LogP contribution in [0.2, 0.25) is 0 Å². The van der Waals surface area contributed by atoms with E-state index in [2.05, 4.69) is 22.3 Å². The molecule has 0 saturated heterocycles. The van der Waals surface area contributed by atoms with Crippen molar-refractivity contribution in [2.45, 2.75) is 0 Å². The van der Waals surface area contributed by atoms with Crippen LogP contribution in [0.4, 0.5) is 0 Å². The minimum Gasteiger partial charge on any atom is -0.0617 e. The van der Waals surface area contributed by atoms with Crippen molar-refractivity contribution in [2.75, 3.05) is 0 Å². The van der Waals surface area contributed by atoms with Gasteiger partial charge in [0.25, 0.3) is 0 Å². The number of hydrogen-bond donors (Lipinski definition) is 0. The molecule has 8 fully saturated rings. The molecular formula is C16H10. The molecule has 16 heavy (non-hydrogen) atoms. The first-order chi connectivity index (χ1) is 7.98. The van der Waals surface area contributed by atoms with Gasteiger partial charge in [-0.1, -0.05) is 22.3 Å². The molecule has 0 bridgehead atoms. The highest BCUT2D eigenvalue weighted by atomic mass is 15.1.